The first-order valence-electron chi connectivity index (χ1n) is 5.12. The summed E-state index contributed by atoms with van der Waals surface area (Å²) in [7, 11) is 0. The molecule has 0 unspecified atom stereocenters. The van der Waals surface area contributed by atoms with E-state index < -0.39 is 0 Å². The molecule has 1 aliphatic carbocycles. The Bertz CT molecular complexity index is 393. The summed E-state index contributed by atoms with van der Waals surface area (Å²) in [5.74, 6) is 1.40. The number of ether oxygens (including phenoxy) is 1. The molecule has 2 rings (SSSR count). The number of hydrogen-bond donors (Lipinski definition) is 0. The fourth-order valence-electron chi connectivity index (χ4n) is 1.58. The smallest absolute Gasteiger partial charge is 0.137 e. The van der Waals surface area contributed by atoms with Crippen LogP contribution in [0.3, 0.4) is 0 Å². The minimum Gasteiger partial charge on any atom is -0.492 e. The lowest BCUT2D eigenvalue weighted by Gasteiger charge is -2.25. The number of rotatable bonds is 3. The van der Waals surface area contributed by atoms with Crippen molar-refractivity contribution in [2.24, 2.45) is 5.92 Å². The van der Waals surface area contributed by atoms with Crippen LogP contribution in [-0.2, 0) is 0 Å². The summed E-state index contributed by atoms with van der Waals surface area (Å²) in [4.78, 5) is 0. The highest BCUT2D eigenvalue weighted by atomic mass is 79.9. The highest BCUT2D eigenvalue weighted by Gasteiger charge is 2.18. The third-order valence-corrected chi connectivity index (χ3v) is 3.25. The molecule has 1 aliphatic rings. The molecule has 0 amide bonds. The summed E-state index contributed by atoms with van der Waals surface area (Å²) >= 11 is 3.34. The molecule has 0 saturated heterocycles. The largest absolute Gasteiger partial charge is 0.492 e. The summed E-state index contributed by atoms with van der Waals surface area (Å²) in [5.41, 5.74) is 0.601. The van der Waals surface area contributed by atoms with Crippen molar-refractivity contribution in [3.8, 4) is 11.8 Å². The van der Waals surface area contributed by atoms with Crippen LogP contribution in [0.2, 0.25) is 0 Å². The maximum Gasteiger partial charge on any atom is 0.137 e. The molecule has 1 aromatic rings. The second kappa shape index (κ2) is 4.67. The van der Waals surface area contributed by atoms with E-state index in [-0.39, 0.29) is 0 Å². The monoisotopic (exact) mass is 265 g/mol. The lowest BCUT2D eigenvalue weighted by atomic mass is 9.86. The van der Waals surface area contributed by atoms with Gasteiger partial charge in [-0.3, -0.25) is 0 Å². The molecule has 0 aromatic heterocycles. The van der Waals surface area contributed by atoms with Crippen LogP contribution in [0.25, 0.3) is 0 Å². The van der Waals surface area contributed by atoms with Gasteiger partial charge in [-0.1, -0.05) is 22.4 Å². The summed E-state index contributed by atoms with van der Waals surface area (Å²) in [6.45, 7) is 0.746. The molecule has 0 radical (unpaired) electrons. The molecule has 3 heteroatoms. The van der Waals surface area contributed by atoms with Crippen LogP contribution in [0.15, 0.2) is 22.7 Å². The van der Waals surface area contributed by atoms with E-state index in [1.165, 1.54) is 19.3 Å². The average Bonchev–Trinajstić information content (AvgIpc) is 2.17. The average molecular weight is 266 g/mol. The molecule has 0 N–H and O–H groups in total. The van der Waals surface area contributed by atoms with Gasteiger partial charge in [0.1, 0.15) is 11.8 Å². The number of nitriles is 1. The van der Waals surface area contributed by atoms with Crippen LogP contribution in [0.1, 0.15) is 24.8 Å². The van der Waals surface area contributed by atoms with Crippen LogP contribution in [0.5, 0.6) is 5.75 Å². The Morgan fingerprint density at radius 1 is 1.47 bits per heavy atom. The van der Waals surface area contributed by atoms with Crippen molar-refractivity contribution in [2.75, 3.05) is 6.61 Å². The van der Waals surface area contributed by atoms with Crippen LogP contribution in [0, 0.1) is 17.2 Å². The summed E-state index contributed by atoms with van der Waals surface area (Å²) < 4.78 is 6.56. The van der Waals surface area contributed by atoms with Crippen molar-refractivity contribution < 1.29 is 4.74 Å². The Morgan fingerprint density at radius 3 is 2.87 bits per heavy atom. The van der Waals surface area contributed by atoms with Crippen molar-refractivity contribution in [1.29, 1.82) is 5.26 Å². The second-order valence-electron chi connectivity index (χ2n) is 3.86. The molecule has 1 fully saturated rings. The van der Waals surface area contributed by atoms with E-state index in [1.807, 2.05) is 12.1 Å². The zero-order valence-electron chi connectivity index (χ0n) is 8.37. The van der Waals surface area contributed by atoms with Gasteiger partial charge in [-0.15, -0.1) is 0 Å². The minimum absolute atomic E-state index is 0.601. The zero-order valence-corrected chi connectivity index (χ0v) is 9.96. The Morgan fingerprint density at radius 2 is 2.27 bits per heavy atom. The molecule has 1 aromatic carbocycles. The quantitative estimate of drug-likeness (QED) is 0.838. The van der Waals surface area contributed by atoms with E-state index in [1.54, 1.807) is 6.07 Å². The SMILES string of the molecule is N#Cc1cc(Br)ccc1OCC1CCC1. The van der Waals surface area contributed by atoms with E-state index in [9.17, 15) is 0 Å². The Kier molecular flexibility index (Phi) is 3.27. The van der Waals surface area contributed by atoms with Gasteiger partial charge in [0.2, 0.25) is 0 Å². The molecule has 2 nitrogen and oxygen atoms in total. The molecule has 0 atom stereocenters. The Hall–Kier alpha value is -1.01. The van der Waals surface area contributed by atoms with Gasteiger partial charge in [-0.2, -0.15) is 5.26 Å². The van der Waals surface area contributed by atoms with E-state index >= 15 is 0 Å². The molecule has 1 saturated carbocycles. The van der Waals surface area contributed by atoms with Gasteiger partial charge in [0.05, 0.1) is 12.2 Å². The fraction of sp³-hybridized carbons (Fsp3) is 0.417. The predicted octanol–water partition coefficient (Wildman–Crippen LogP) is 3.50. The highest BCUT2D eigenvalue weighted by molar-refractivity contribution is 9.10. The lowest BCUT2D eigenvalue weighted by Crippen LogP contribution is -2.19. The summed E-state index contributed by atoms with van der Waals surface area (Å²) in [5, 5.41) is 8.93. The molecular weight excluding hydrogens is 254 g/mol. The maximum absolute atomic E-state index is 8.93. The van der Waals surface area contributed by atoms with Gasteiger partial charge in [-0.05, 0) is 37.0 Å². The first kappa shape index (κ1) is 10.5. The summed E-state index contributed by atoms with van der Waals surface area (Å²) in [6.07, 6.45) is 3.84. The second-order valence-corrected chi connectivity index (χ2v) is 4.78. The summed E-state index contributed by atoms with van der Waals surface area (Å²) in [6, 6.07) is 7.68. The number of halogens is 1. The molecule has 0 spiro atoms. The van der Waals surface area contributed by atoms with Crippen LogP contribution < -0.4 is 4.74 Å². The minimum atomic E-state index is 0.601. The van der Waals surface area contributed by atoms with Gasteiger partial charge >= 0.3 is 0 Å². The lowest BCUT2D eigenvalue weighted by molar-refractivity contribution is 0.180. The van der Waals surface area contributed by atoms with Crippen molar-refractivity contribution >= 4 is 15.9 Å². The Labute approximate surface area is 98.0 Å². The topological polar surface area (TPSA) is 33.0 Å². The highest BCUT2D eigenvalue weighted by Crippen LogP contribution is 2.28. The van der Waals surface area contributed by atoms with Gasteiger partial charge in [0.25, 0.3) is 0 Å². The molecule has 0 bridgehead atoms. The Balaban J connectivity index is 2.03. The third-order valence-electron chi connectivity index (χ3n) is 2.76. The van der Waals surface area contributed by atoms with Crippen molar-refractivity contribution in [3.63, 3.8) is 0 Å². The number of nitrogens with zero attached hydrogens (tertiary/aromatic N) is 1. The van der Waals surface area contributed by atoms with Crippen molar-refractivity contribution in [3.05, 3.63) is 28.2 Å². The maximum atomic E-state index is 8.93. The van der Waals surface area contributed by atoms with Crippen molar-refractivity contribution in [1.82, 2.24) is 0 Å². The van der Waals surface area contributed by atoms with Crippen LogP contribution in [-0.4, -0.2) is 6.61 Å². The number of hydrogen-bond acceptors (Lipinski definition) is 2. The molecule has 78 valence electrons. The van der Waals surface area contributed by atoms with Gasteiger partial charge < -0.3 is 4.74 Å². The molecule has 15 heavy (non-hydrogen) atoms. The fourth-order valence-corrected chi connectivity index (χ4v) is 1.94. The van der Waals surface area contributed by atoms with E-state index in [0.717, 1.165) is 11.1 Å². The first-order chi connectivity index (χ1) is 7.29. The van der Waals surface area contributed by atoms with Gasteiger partial charge in [0.15, 0.2) is 0 Å². The molecular formula is C12H12BrNO. The number of benzene rings is 1. The first-order valence-corrected chi connectivity index (χ1v) is 5.91. The van der Waals surface area contributed by atoms with E-state index in [2.05, 4.69) is 22.0 Å². The van der Waals surface area contributed by atoms with Gasteiger partial charge in [0, 0.05) is 4.47 Å². The van der Waals surface area contributed by atoms with Crippen molar-refractivity contribution in [2.45, 2.75) is 19.3 Å². The molecule has 0 heterocycles. The standard InChI is InChI=1S/C12H12BrNO/c13-11-4-5-12(10(6-11)7-14)15-8-9-2-1-3-9/h4-6,9H,1-3,8H2. The van der Waals surface area contributed by atoms with E-state index in [4.69, 9.17) is 10.00 Å². The zero-order chi connectivity index (χ0) is 10.7. The van der Waals surface area contributed by atoms with Gasteiger partial charge in [-0.25, -0.2) is 0 Å². The molecule has 0 aliphatic heterocycles. The van der Waals surface area contributed by atoms with Crippen LogP contribution >= 0.6 is 15.9 Å². The predicted molar refractivity (Wildman–Crippen MR) is 61.7 cm³/mol. The van der Waals surface area contributed by atoms with E-state index in [0.29, 0.717) is 17.2 Å². The third kappa shape index (κ3) is 2.51. The van der Waals surface area contributed by atoms with Crippen LogP contribution in [0.4, 0.5) is 0 Å². The normalized spacial score (nSPS) is 15.5.